The van der Waals surface area contributed by atoms with Crippen molar-refractivity contribution in [2.45, 2.75) is 174 Å². The van der Waals surface area contributed by atoms with Gasteiger partial charge >= 0.3 is 0 Å². The maximum Gasteiger partial charge on any atom is 0.00221 e. The van der Waals surface area contributed by atoms with Gasteiger partial charge in [-0.2, -0.15) is 0 Å². The molecule has 0 aliphatic heterocycles. The normalized spacial score (nSPS) is 23.7. The topological polar surface area (TPSA) is 26.0 Å². The van der Waals surface area contributed by atoms with Gasteiger partial charge in [-0.15, -0.1) is 0 Å². The fourth-order valence-electron chi connectivity index (χ4n) is 9.72. The third-order valence-corrected chi connectivity index (χ3v) is 15.1. The molecule has 0 heterocycles. The number of nitrogens with two attached hydrogens (primary N) is 1. The molecule has 2 aliphatic carbocycles. The molecule has 0 amide bonds. The average molecular weight is 566 g/mol. The van der Waals surface area contributed by atoms with Crippen molar-refractivity contribution in [1.82, 2.24) is 0 Å². The summed E-state index contributed by atoms with van der Waals surface area (Å²) in [5, 5.41) is 0. The van der Waals surface area contributed by atoms with Crippen LogP contribution in [0.4, 0.5) is 0 Å². The van der Waals surface area contributed by atoms with Gasteiger partial charge in [-0.1, -0.05) is 111 Å². The minimum absolute atomic E-state index is 0.192. The largest absolute Gasteiger partial charge is 0.330 e. The van der Waals surface area contributed by atoms with Crippen LogP contribution in [0.3, 0.4) is 0 Å². The Morgan fingerprint density at radius 3 is 1.41 bits per heavy atom. The number of hydrogen-bond donors (Lipinski definition) is 1. The van der Waals surface area contributed by atoms with E-state index >= 15 is 0 Å². The number of benzene rings is 1. The second kappa shape index (κ2) is 10.1. The molecule has 3 rings (SSSR count). The summed E-state index contributed by atoms with van der Waals surface area (Å²) in [5.41, 5.74) is 17.9. The summed E-state index contributed by atoms with van der Waals surface area (Å²) in [5.74, 6) is 0.688. The van der Waals surface area contributed by atoms with Gasteiger partial charge in [-0.05, 0) is 131 Å². The van der Waals surface area contributed by atoms with Gasteiger partial charge in [0.05, 0.1) is 0 Å². The molecule has 2 atom stereocenters. The molecular formula is C40H71N. The molecule has 0 fully saturated rings. The van der Waals surface area contributed by atoms with Crippen LogP contribution in [0.1, 0.15) is 170 Å². The van der Waals surface area contributed by atoms with Crippen LogP contribution in [0.25, 0.3) is 0 Å². The standard InChI is InChI=1S/C40H71N/c1-26(2)33(5,6)24-36(11,12)39(17)22-29-28(4)32-30(27(3)31(29)39)23-40(32,18)37(13,14)25-35(9,10)38(15,16)34(7,8)20-19-21-41/h26H,19-25,41H2,1-18H3. The van der Waals surface area contributed by atoms with Crippen LogP contribution in [0, 0.1) is 52.3 Å². The van der Waals surface area contributed by atoms with Crippen LogP contribution in [-0.4, -0.2) is 6.54 Å². The third kappa shape index (κ3) is 4.99. The van der Waals surface area contributed by atoms with E-state index in [0.717, 1.165) is 13.0 Å². The SMILES string of the molecule is Cc1c2c(c(C)c3c1C(C)(C(C)(C)CC(C)(C)C(C)C)C3)C(C)(C(C)(C)CC(C)(C)C(C)(C)C(C)(C)CCCN)C2. The molecule has 1 nitrogen and oxygen atoms in total. The molecule has 2 unspecified atom stereocenters. The number of hydrogen-bond acceptors (Lipinski definition) is 1. The lowest BCUT2D eigenvalue weighted by Gasteiger charge is -2.62. The smallest absolute Gasteiger partial charge is 0.00221 e. The fraction of sp³-hybridized carbons (Fsp3) is 0.850. The molecule has 2 N–H and O–H groups in total. The lowest BCUT2D eigenvalue weighted by atomic mass is 9.42. The molecule has 1 aromatic carbocycles. The van der Waals surface area contributed by atoms with Crippen LogP contribution in [0.5, 0.6) is 0 Å². The predicted octanol–water partition coefficient (Wildman–Crippen LogP) is 11.3. The van der Waals surface area contributed by atoms with Crippen molar-refractivity contribution in [3.8, 4) is 0 Å². The summed E-state index contributed by atoms with van der Waals surface area (Å²) in [7, 11) is 0. The first-order valence-corrected chi connectivity index (χ1v) is 17.0. The average Bonchev–Trinajstić information content (AvgIpc) is 2.76. The van der Waals surface area contributed by atoms with Crippen molar-refractivity contribution in [3.05, 3.63) is 33.4 Å². The zero-order valence-corrected chi connectivity index (χ0v) is 31.1. The molecule has 1 aromatic rings. The second-order valence-corrected chi connectivity index (χ2v) is 19.5. The van der Waals surface area contributed by atoms with E-state index in [9.17, 15) is 0 Å². The Morgan fingerprint density at radius 1 is 0.659 bits per heavy atom. The molecule has 2 aliphatic rings. The zero-order valence-electron chi connectivity index (χ0n) is 31.1. The van der Waals surface area contributed by atoms with E-state index in [1.165, 1.54) is 32.1 Å². The minimum atomic E-state index is 0.192. The molecule has 0 radical (unpaired) electrons. The summed E-state index contributed by atoms with van der Waals surface area (Å²) in [6.45, 7) is 46.0. The van der Waals surface area contributed by atoms with Gasteiger partial charge in [0.15, 0.2) is 0 Å². The Balaban J connectivity index is 2.00. The van der Waals surface area contributed by atoms with E-state index in [4.69, 9.17) is 5.73 Å². The van der Waals surface area contributed by atoms with E-state index in [1.807, 2.05) is 0 Å². The third-order valence-electron chi connectivity index (χ3n) is 15.1. The number of fused-ring (bicyclic) bond motifs is 2. The van der Waals surface area contributed by atoms with Crippen molar-refractivity contribution in [2.75, 3.05) is 6.54 Å². The first-order chi connectivity index (χ1) is 18.2. The lowest BCUT2D eigenvalue weighted by molar-refractivity contribution is -0.0647. The highest BCUT2D eigenvalue weighted by atomic mass is 14.6. The summed E-state index contributed by atoms with van der Waals surface area (Å²) in [4.78, 5) is 0. The maximum absolute atomic E-state index is 5.95. The lowest BCUT2D eigenvalue weighted by Crippen LogP contribution is -2.56. The summed E-state index contributed by atoms with van der Waals surface area (Å²) < 4.78 is 0. The second-order valence-electron chi connectivity index (χ2n) is 19.5. The Morgan fingerprint density at radius 2 is 1.05 bits per heavy atom. The van der Waals surface area contributed by atoms with Crippen LogP contribution < -0.4 is 5.73 Å². The van der Waals surface area contributed by atoms with Gasteiger partial charge in [0.25, 0.3) is 0 Å². The Hall–Kier alpha value is -0.820. The minimum Gasteiger partial charge on any atom is -0.330 e. The summed E-state index contributed by atoms with van der Waals surface area (Å²) in [6, 6.07) is 0. The van der Waals surface area contributed by atoms with Gasteiger partial charge in [0, 0.05) is 10.8 Å². The van der Waals surface area contributed by atoms with Crippen molar-refractivity contribution in [3.63, 3.8) is 0 Å². The van der Waals surface area contributed by atoms with E-state index in [2.05, 4.69) is 125 Å². The summed E-state index contributed by atoms with van der Waals surface area (Å²) in [6.07, 6.45) is 7.23. The van der Waals surface area contributed by atoms with Crippen LogP contribution >= 0.6 is 0 Å². The quantitative estimate of drug-likeness (QED) is 0.268. The first-order valence-electron chi connectivity index (χ1n) is 17.0. The Kier molecular flexibility index (Phi) is 8.54. The van der Waals surface area contributed by atoms with E-state index < -0.39 is 0 Å². The first kappa shape index (κ1) is 34.7. The monoisotopic (exact) mass is 566 g/mol. The molecule has 0 saturated carbocycles. The van der Waals surface area contributed by atoms with Crippen LogP contribution in [-0.2, 0) is 23.7 Å². The Bertz CT molecular complexity index is 1140. The number of rotatable bonds is 12. The van der Waals surface area contributed by atoms with Gasteiger partial charge in [0.1, 0.15) is 0 Å². The molecule has 0 spiro atoms. The van der Waals surface area contributed by atoms with E-state index in [1.54, 1.807) is 33.4 Å². The van der Waals surface area contributed by atoms with Crippen molar-refractivity contribution in [2.24, 2.45) is 44.1 Å². The molecule has 0 bridgehead atoms. The maximum atomic E-state index is 5.95. The highest BCUT2D eigenvalue weighted by Crippen LogP contribution is 2.66. The van der Waals surface area contributed by atoms with Crippen molar-refractivity contribution in [1.29, 1.82) is 0 Å². The molecule has 1 heteroatoms. The molecule has 0 aromatic heterocycles. The van der Waals surface area contributed by atoms with Crippen molar-refractivity contribution >= 4 is 0 Å². The molecule has 41 heavy (non-hydrogen) atoms. The Labute approximate surface area is 257 Å². The summed E-state index contributed by atoms with van der Waals surface area (Å²) >= 11 is 0. The highest BCUT2D eigenvalue weighted by Gasteiger charge is 2.59. The van der Waals surface area contributed by atoms with Gasteiger partial charge < -0.3 is 5.73 Å². The van der Waals surface area contributed by atoms with Gasteiger partial charge in [0.2, 0.25) is 0 Å². The van der Waals surface area contributed by atoms with Gasteiger partial charge in [-0.3, -0.25) is 0 Å². The predicted molar refractivity (Wildman–Crippen MR) is 183 cm³/mol. The molecule has 0 saturated heterocycles. The fourth-order valence-corrected chi connectivity index (χ4v) is 9.72. The van der Waals surface area contributed by atoms with Crippen molar-refractivity contribution < 1.29 is 0 Å². The molecule has 236 valence electrons. The van der Waals surface area contributed by atoms with Crippen LogP contribution in [0.15, 0.2) is 0 Å². The van der Waals surface area contributed by atoms with Gasteiger partial charge in [-0.25, -0.2) is 0 Å². The zero-order chi connectivity index (χ0) is 32.0. The highest BCUT2D eigenvalue weighted by molar-refractivity contribution is 5.66. The molecular weight excluding hydrogens is 494 g/mol. The van der Waals surface area contributed by atoms with E-state index in [-0.39, 0.29) is 37.9 Å². The van der Waals surface area contributed by atoms with Crippen LogP contribution in [0.2, 0.25) is 0 Å². The van der Waals surface area contributed by atoms with E-state index in [0.29, 0.717) is 11.3 Å².